The Bertz CT molecular complexity index is 318. The molecule has 0 atom stereocenters. The summed E-state index contributed by atoms with van der Waals surface area (Å²) in [4.78, 5) is 3.97. The van der Waals surface area contributed by atoms with Gasteiger partial charge in [0, 0.05) is 25.0 Å². The number of rotatable bonds is 5. The molecule has 19 heavy (non-hydrogen) atoms. The van der Waals surface area contributed by atoms with Crippen molar-refractivity contribution in [2.45, 2.75) is 48.0 Å². The standard InChI is InChI=1S/C13H20N2.2C2H6/c1-5-7-12(8-11(3)6-2)13(9-14)10-15-4;2*1-2/h6-10H,2,5,14H2,1,3-4H3;2*1-2H3/b11-8-,12-7-,13-9+,15-10?;;. The highest BCUT2D eigenvalue weighted by molar-refractivity contribution is 5.85. The Morgan fingerprint density at radius 2 is 1.68 bits per heavy atom. The highest BCUT2D eigenvalue weighted by Gasteiger charge is 1.98. The minimum Gasteiger partial charge on any atom is -0.404 e. The molecule has 0 saturated heterocycles. The first kappa shape index (κ1) is 22.6. The molecule has 0 saturated carbocycles. The number of aliphatic imine (C=N–C) groups is 1. The second kappa shape index (κ2) is 18.8. The van der Waals surface area contributed by atoms with Crippen LogP contribution in [0, 0.1) is 0 Å². The van der Waals surface area contributed by atoms with Gasteiger partial charge in [-0.1, -0.05) is 65.0 Å². The van der Waals surface area contributed by atoms with E-state index in [1.165, 1.54) is 0 Å². The Morgan fingerprint density at radius 1 is 1.16 bits per heavy atom. The first-order valence-electron chi connectivity index (χ1n) is 7.04. The van der Waals surface area contributed by atoms with Crippen LogP contribution < -0.4 is 5.73 Å². The quantitative estimate of drug-likeness (QED) is 0.547. The van der Waals surface area contributed by atoms with Crippen molar-refractivity contribution in [3.05, 3.63) is 47.7 Å². The van der Waals surface area contributed by atoms with Gasteiger partial charge in [-0.2, -0.15) is 0 Å². The molecule has 0 aromatic rings. The Balaban J connectivity index is -0.000000579. The molecule has 0 aromatic heterocycles. The van der Waals surface area contributed by atoms with E-state index in [0.717, 1.165) is 23.1 Å². The van der Waals surface area contributed by atoms with E-state index < -0.39 is 0 Å². The average molecular weight is 264 g/mol. The number of allylic oxidation sites excluding steroid dienone is 6. The lowest BCUT2D eigenvalue weighted by Gasteiger charge is -2.03. The van der Waals surface area contributed by atoms with Crippen molar-refractivity contribution < 1.29 is 0 Å². The van der Waals surface area contributed by atoms with E-state index in [0.29, 0.717) is 0 Å². The van der Waals surface area contributed by atoms with Crippen LogP contribution in [0.3, 0.4) is 0 Å². The molecule has 0 aliphatic carbocycles. The molecule has 110 valence electrons. The van der Waals surface area contributed by atoms with Gasteiger partial charge in [-0.15, -0.1) is 0 Å². The molecule has 0 spiro atoms. The summed E-state index contributed by atoms with van der Waals surface area (Å²) in [5.74, 6) is 0. The summed E-state index contributed by atoms with van der Waals surface area (Å²) < 4.78 is 0. The fourth-order valence-electron chi connectivity index (χ4n) is 1.14. The monoisotopic (exact) mass is 264 g/mol. The number of hydrogen-bond donors (Lipinski definition) is 1. The molecule has 0 aliphatic rings. The average Bonchev–Trinajstić information content (AvgIpc) is 2.48. The fraction of sp³-hybridized carbons (Fsp3) is 0.471. The van der Waals surface area contributed by atoms with E-state index in [-0.39, 0.29) is 0 Å². The summed E-state index contributed by atoms with van der Waals surface area (Å²) in [5.41, 5.74) is 8.68. The van der Waals surface area contributed by atoms with Crippen LogP contribution in [0.5, 0.6) is 0 Å². The molecule has 0 aromatic carbocycles. The molecular weight excluding hydrogens is 232 g/mol. The summed E-state index contributed by atoms with van der Waals surface area (Å²) in [6.45, 7) is 15.8. The van der Waals surface area contributed by atoms with Crippen LogP contribution in [-0.4, -0.2) is 13.3 Å². The topological polar surface area (TPSA) is 38.4 Å². The van der Waals surface area contributed by atoms with E-state index in [1.807, 2.05) is 40.7 Å². The molecule has 0 heterocycles. The second-order valence-corrected chi connectivity index (χ2v) is 3.17. The number of hydrogen-bond acceptors (Lipinski definition) is 2. The van der Waals surface area contributed by atoms with E-state index in [9.17, 15) is 0 Å². The first-order chi connectivity index (χ1) is 9.19. The largest absolute Gasteiger partial charge is 0.404 e. The number of nitrogens with zero attached hydrogens (tertiary/aromatic N) is 1. The zero-order valence-corrected chi connectivity index (χ0v) is 13.8. The maximum absolute atomic E-state index is 5.56. The van der Waals surface area contributed by atoms with Gasteiger partial charge in [0.2, 0.25) is 0 Å². The predicted octanol–water partition coefficient (Wildman–Crippen LogP) is 5.05. The van der Waals surface area contributed by atoms with Gasteiger partial charge < -0.3 is 5.73 Å². The van der Waals surface area contributed by atoms with Crippen LogP contribution >= 0.6 is 0 Å². The predicted molar refractivity (Wildman–Crippen MR) is 91.7 cm³/mol. The number of nitrogens with two attached hydrogens (primary N) is 1. The lowest BCUT2D eigenvalue weighted by atomic mass is 10.0. The third-order valence-corrected chi connectivity index (χ3v) is 1.91. The zero-order chi connectivity index (χ0) is 15.7. The zero-order valence-electron chi connectivity index (χ0n) is 13.8. The Hall–Kier alpha value is -1.57. The van der Waals surface area contributed by atoms with Crippen molar-refractivity contribution >= 4 is 6.21 Å². The Morgan fingerprint density at radius 3 is 2.00 bits per heavy atom. The third-order valence-electron chi connectivity index (χ3n) is 1.91. The summed E-state index contributed by atoms with van der Waals surface area (Å²) in [5, 5.41) is 0. The van der Waals surface area contributed by atoms with E-state index in [2.05, 4.69) is 30.6 Å². The van der Waals surface area contributed by atoms with E-state index in [4.69, 9.17) is 5.73 Å². The van der Waals surface area contributed by atoms with E-state index >= 15 is 0 Å². The maximum atomic E-state index is 5.56. The lowest BCUT2D eigenvalue weighted by Crippen LogP contribution is -1.94. The van der Waals surface area contributed by atoms with Gasteiger partial charge in [-0.05, 0) is 18.9 Å². The normalized spacial score (nSPS) is 12.3. The molecule has 0 radical (unpaired) electrons. The molecule has 0 bridgehead atoms. The fourth-order valence-corrected chi connectivity index (χ4v) is 1.14. The van der Waals surface area contributed by atoms with Gasteiger partial charge in [0.1, 0.15) is 0 Å². The molecule has 2 heteroatoms. The van der Waals surface area contributed by atoms with Crippen LogP contribution in [0.4, 0.5) is 0 Å². The van der Waals surface area contributed by atoms with Gasteiger partial charge >= 0.3 is 0 Å². The van der Waals surface area contributed by atoms with Crippen LogP contribution in [-0.2, 0) is 0 Å². The van der Waals surface area contributed by atoms with Gasteiger partial charge in [0.25, 0.3) is 0 Å². The highest BCUT2D eigenvalue weighted by atomic mass is 14.6. The molecule has 2 N–H and O–H groups in total. The van der Waals surface area contributed by atoms with Crippen molar-refractivity contribution in [3.8, 4) is 0 Å². The molecule has 0 amide bonds. The molecule has 0 unspecified atom stereocenters. The van der Waals surface area contributed by atoms with Crippen molar-refractivity contribution in [1.82, 2.24) is 0 Å². The second-order valence-electron chi connectivity index (χ2n) is 3.17. The molecular formula is C17H32N2. The van der Waals surface area contributed by atoms with Gasteiger partial charge in [-0.3, -0.25) is 4.99 Å². The van der Waals surface area contributed by atoms with Crippen molar-refractivity contribution in [2.75, 3.05) is 7.05 Å². The first-order valence-corrected chi connectivity index (χ1v) is 7.04. The third kappa shape index (κ3) is 12.7. The van der Waals surface area contributed by atoms with E-state index in [1.54, 1.807) is 19.5 Å². The van der Waals surface area contributed by atoms with Crippen LogP contribution in [0.15, 0.2) is 52.7 Å². The van der Waals surface area contributed by atoms with Crippen LogP contribution in [0.1, 0.15) is 48.0 Å². The summed E-state index contributed by atoms with van der Waals surface area (Å²) >= 11 is 0. The van der Waals surface area contributed by atoms with Gasteiger partial charge in [0.05, 0.1) is 0 Å². The van der Waals surface area contributed by atoms with Crippen LogP contribution in [0.2, 0.25) is 0 Å². The molecule has 0 rings (SSSR count). The van der Waals surface area contributed by atoms with Crippen molar-refractivity contribution in [2.24, 2.45) is 10.7 Å². The minimum absolute atomic E-state index is 0.931. The maximum Gasteiger partial charge on any atom is 0.0301 e. The SMILES string of the molecule is C=C\C(C)=C/C(=C/CC)C(/C=NC)=C/N.CC.CC. The van der Waals surface area contributed by atoms with Crippen molar-refractivity contribution in [1.29, 1.82) is 0 Å². The lowest BCUT2D eigenvalue weighted by molar-refractivity contribution is 1.20. The van der Waals surface area contributed by atoms with Gasteiger partial charge in [-0.25, -0.2) is 0 Å². The van der Waals surface area contributed by atoms with Gasteiger partial charge in [0.15, 0.2) is 0 Å². The smallest absolute Gasteiger partial charge is 0.0301 e. The summed E-state index contributed by atoms with van der Waals surface area (Å²) in [6.07, 6.45) is 10.3. The van der Waals surface area contributed by atoms with Crippen molar-refractivity contribution in [3.63, 3.8) is 0 Å². The molecule has 0 aliphatic heterocycles. The molecule has 0 fully saturated rings. The molecule has 2 nitrogen and oxygen atoms in total. The minimum atomic E-state index is 0.931. The Kier molecular flexibility index (Phi) is 22.3. The summed E-state index contributed by atoms with van der Waals surface area (Å²) in [7, 11) is 1.73. The summed E-state index contributed by atoms with van der Waals surface area (Å²) in [6, 6.07) is 0. The Labute approximate surface area is 120 Å². The van der Waals surface area contributed by atoms with Crippen LogP contribution in [0.25, 0.3) is 0 Å². The highest BCUT2D eigenvalue weighted by Crippen LogP contribution is 2.13.